The van der Waals surface area contributed by atoms with Crippen LogP contribution in [0.4, 0.5) is 0 Å². The molecule has 0 spiro atoms. The van der Waals surface area contributed by atoms with Crippen molar-refractivity contribution in [1.29, 1.82) is 5.26 Å². The van der Waals surface area contributed by atoms with Crippen LogP contribution in [0.5, 0.6) is 0 Å². The smallest absolute Gasteiger partial charge is 0.0991 e. The molecule has 1 rings (SSSR count). The minimum atomic E-state index is 0.688. The first kappa shape index (κ1) is 10.3. The SMILES string of the molecule is CC#CCNCc1cccc(C#N)c1. The molecule has 14 heavy (non-hydrogen) atoms. The summed E-state index contributed by atoms with van der Waals surface area (Å²) in [6, 6.07) is 9.68. The van der Waals surface area contributed by atoms with E-state index in [1.54, 1.807) is 6.07 Å². The van der Waals surface area contributed by atoms with Crippen LogP contribution in [0.3, 0.4) is 0 Å². The van der Waals surface area contributed by atoms with Gasteiger partial charge in [0.05, 0.1) is 18.2 Å². The molecule has 0 aliphatic rings. The number of hydrogen-bond donors (Lipinski definition) is 1. The van der Waals surface area contributed by atoms with Crippen LogP contribution in [0.1, 0.15) is 18.1 Å². The van der Waals surface area contributed by atoms with E-state index in [0.29, 0.717) is 12.1 Å². The van der Waals surface area contributed by atoms with Gasteiger partial charge in [-0.05, 0) is 24.6 Å². The average molecular weight is 184 g/mol. The summed E-state index contributed by atoms with van der Waals surface area (Å²) in [4.78, 5) is 0. The van der Waals surface area contributed by atoms with E-state index in [2.05, 4.69) is 23.2 Å². The van der Waals surface area contributed by atoms with Crippen molar-refractivity contribution in [3.63, 3.8) is 0 Å². The van der Waals surface area contributed by atoms with Gasteiger partial charge < -0.3 is 5.32 Å². The number of benzene rings is 1. The van der Waals surface area contributed by atoms with Crippen molar-refractivity contribution in [2.75, 3.05) is 6.54 Å². The zero-order valence-electron chi connectivity index (χ0n) is 8.17. The lowest BCUT2D eigenvalue weighted by atomic mass is 10.1. The van der Waals surface area contributed by atoms with Gasteiger partial charge in [0, 0.05) is 6.54 Å². The number of nitriles is 1. The quantitative estimate of drug-likeness (QED) is 0.573. The molecule has 0 amide bonds. The molecule has 0 radical (unpaired) electrons. The third-order valence-corrected chi connectivity index (χ3v) is 1.78. The Balaban J connectivity index is 2.50. The van der Waals surface area contributed by atoms with Crippen LogP contribution in [0.2, 0.25) is 0 Å². The summed E-state index contributed by atoms with van der Waals surface area (Å²) >= 11 is 0. The van der Waals surface area contributed by atoms with Gasteiger partial charge in [-0.3, -0.25) is 0 Å². The number of hydrogen-bond acceptors (Lipinski definition) is 2. The molecule has 0 unspecified atom stereocenters. The first-order valence-corrected chi connectivity index (χ1v) is 4.46. The van der Waals surface area contributed by atoms with E-state index in [0.717, 1.165) is 12.1 Å². The molecule has 0 aromatic heterocycles. The Bertz CT molecular complexity index is 391. The van der Waals surface area contributed by atoms with Crippen LogP contribution in [0.15, 0.2) is 24.3 Å². The Labute approximate surface area is 84.6 Å². The Morgan fingerprint density at radius 3 is 3.00 bits per heavy atom. The summed E-state index contributed by atoms with van der Waals surface area (Å²) in [5, 5.41) is 11.8. The second-order valence-corrected chi connectivity index (χ2v) is 2.84. The van der Waals surface area contributed by atoms with Gasteiger partial charge in [0.15, 0.2) is 0 Å². The van der Waals surface area contributed by atoms with E-state index in [-0.39, 0.29) is 0 Å². The normalized spacial score (nSPS) is 8.57. The third-order valence-electron chi connectivity index (χ3n) is 1.78. The van der Waals surface area contributed by atoms with E-state index < -0.39 is 0 Å². The molecular weight excluding hydrogens is 172 g/mol. The lowest BCUT2D eigenvalue weighted by Crippen LogP contribution is -2.13. The van der Waals surface area contributed by atoms with Crippen LogP contribution >= 0.6 is 0 Å². The molecule has 70 valence electrons. The molecule has 0 heterocycles. The first-order chi connectivity index (χ1) is 6.86. The maximum Gasteiger partial charge on any atom is 0.0991 e. The minimum Gasteiger partial charge on any atom is -0.302 e. The predicted molar refractivity (Wildman–Crippen MR) is 56.3 cm³/mol. The van der Waals surface area contributed by atoms with E-state index in [4.69, 9.17) is 5.26 Å². The Kier molecular flexibility index (Phi) is 4.27. The van der Waals surface area contributed by atoms with Crippen molar-refractivity contribution in [2.24, 2.45) is 0 Å². The van der Waals surface area contributed by atoms with Gasteiger partial charge in [0.25, 0.3) is 0 Å². The van der Waals surface area contributed by atoms with Crippen LogP contribution < -0.4 is 5.32 Å². The van der Waals surface area contributed by atoms with Gasteiger partial charge in [-0.2, -0.15) is 5.26 Å². The van der Waals surface area contributed by atoms with Crippen molar-refractivity contribution < 1.29 is 0 Å². The summed E-state index contributed by atoms with van der Waals surface area (Å²) in [6.45, 7) is 3.26. The minimum absolute atomic E-state index is 0.688. The molecule has 1 aromatic carbocycles. The standard InChI is InChI=1S/C12H12N2/c1-2-3-7-14-10-12-6-4-5-11(8-12)9-13/h4-6,8,14H,7,10H2,1H3. The van der Waals surface area contributed by atoms with Gasteiger partial charge in [0.1, 0.15) is 0 Å². The van der Waals surface area contributed by atoms with Gasteiger partial charge in [-0.1, -0.05) is 18.1 Å². The molecule has 0 saturated heterocycles. The molecule has 1 aromatic rings. The van der Waals surface area contributed by atoms with Crippen LogP contribution in [-0.4, -0.2) is 6.54 Å². The topological polar surface area (TPSA) is 35.8 Å². The van der Waals surface area contributed by atoms with Gasteiger partial charge in [-0.25, -0.2) is 0 Å². The fourth-order valence-electron chi connectivity index (χ4n) is 1.11. The highest BCUT2D eigenvalue weighted by molar-refractivity contribution is 5.32. The fourth-order valence-corrected chi connectivity index (χ4v) is 1.11. The summed E-state index contributed by atoms with van der Waals surface area (Å²) in [5.41, 5.74) is 1.81. The molecule has 0 saturated carbocycles. The average Bonchev–Trinajstić information content (AvgIpc) is 2.25. The molecule has 0 aliphatic heterocycles. The second kappa shape index (κ2) is 5.80. The van der Waals surface area contributed by atoms with Crippen molar-refractivity contribution in [3.05, 3.63) is 35.4 Å². The Morgan fingerprint density at radius 1 is 1.43 bits per heavy atom. The van der Waals surface area contributed by atoms with Gasteiger partial charge >= 0.3 is 0 Å². The lowest BCUT2D eigenvalue weighted by molar-refractivity contribution is 0.770. The number of nitrogens with zero attached hydrogens (tertiary/aromatic N) is 1. The highest BCUT2D eigenvalue weighted by Crippen LogP contribution is 2.03. The number of rotatable bonds is 3. The van der Waals surface area contributed by atoms with Gasteiger partial charge in [-0.15, -0.1) is 5.92 Å². The summed E-state index contributed by atoms with van der Waals surface area (Å²) in [5.74, 6) is 5.73. The largest absolute Gasteiger partial charge is 0.302 e. The molecular formula is C12H12N2. The Hall–Kier alpha value is -1.77. The fraction of sp³-hybridized carbons (Fsp3) is 0.250. The monoisotopic (exact) mass is 184 g/mol. The van der Waals surface area contributed by atoms with E-state index in [1.165, 1.54) is 0 Å². The molecule has 0 aliphatic carbocycles. The molecule has 0 atom stereocenters. The Morgan fingerprint density at radius 2 is 2.29 bits per heavy atom. The second-order valence-electron chi connectivity index (χ2n) is 2.84. The molecule has 0 fully saturated rings. The molecule has 2 nitrogen and oxygen atoms in total. The maximum atomic E-state index is 8.68. The predicted octanol–water partition coefficient (Wildman–Crippen LogP) is 1.67. The summed E-state index contributed by atoms with van der Waals surface area (Å²) < 4.78 is 0. The zero-order valence-corrected chi connectivity index (χ0v) is 8.17. The summed E-state index contributed by atoms with van der Waals surface area (Å²) in [6.07, 6.45) is 0. The van der Waals surface area contributed by atoms with Crippen LogP contribution in [-0.2, 0) is 6.54 Å². The van der Waals surface area contributed by atoms with Gasteiger partial charge in [0.2, 0.25) is 0 Å². The molecule has 0 bridgehead atoms. The lowest BCUT2D eigenvalue weighted by Gasteiger charge is -2.00. The van der Waals surface area contributed by atoms with Crippen molar-refractivity contribution in [1.82, 2.24) is 5.32 Å². The first-order valence-electron chi connectivity index (χ1n) is 4.46. The molecule has 1 N–H and O–H groups in total. The van der Waals surface area contributed by atoms with E-state index in [9.17, 15) is 0 Å². The summed E-state index contributed by atoms with van der Waals surface area (Å²) in [7, 11) is 0. The van der Waals surface area contributed by atoms with Crippen molar-refractivity contribution in [2.45, 2.75) is 13.5 Å². The van der Waals surface area contributed by atoms with Crippen molar-refractivity contribution >= 4 is 0 Å². The van der Waals surface area contributed by atoms with E-state index >= 15 is 0 Å². The van der Waals surface area contributed by atoms with Crippen LogP contribution in [0.25, 0.3) is 0 Å². The van der Waals surface area contributed by atoms with E-state index in [1.807, 2.05) is 25.1 Å². The zero-order chi connectivity index (χ0) is 10.2. The third kappa shape index (κ3) is 3.31. The number of nitrogens with one attached hydrogen (secondary N) is 1. The molecule has 2 heteroatoms. The maximum absolute atomic E-state index is 8.68. The highest BCUT2D eigenvalue weighted by atomic mass is 14.8. The van der Waals surface area contributed by atoms with Crippen molar-refractivity contribution in [3.8, 4) is 17.9 Å². The van der Waals surface area contributed by atoms with Crippen LogP contribution in [0, 0.1) is 23.2 Å². The highest BCUT2D eigenvalue weighted by Gasteiger charge is 1.93.